The fraction of sp³-hybridized carbons (Fsp3) is 0.400. The molecule has 1 heterocycles. The molecule has 0 spiro atoms. The van der Waals surface area contributed by atoms with Gasteiger partial charge < -0.3 is 19.7 Å². The van der Waals surface area contributed by atoms with Gasteiger partial charge >= 0.3 is 12.1 Å². The molecule has 0 aromatic heterocycles. The molecule has 0 aliphatic carbocycles. The maximum absolute atomic E-state index is 13.1. The zero-order valence-corrected chi connectivity index (χ0v) is 20.1. The van der Waals surface area contributed by atoms with E-state index in [9.17, 15) is 14.4 Å². The first-order valence-corrected chi connectivity index (χ1v) is 11.2. The van der Waals surface area contributed by atoms with Crippen molar-refractivity contribution in [2.45, 2.75) is 51.7 Å². The van der Waals surface area contributed by atoms with Crippen LogP contribution in [-0.4, -0.2) is 43.3 Å². The van der Waals surface area contributed by atoms with Crippen molar-refractivity contribution >= 4 is 35.3 Å². The quantitative estimate of drug-likeness (QED) is 0.645. The molecule has 3 rings (SSSR count). The Bertz CT molecular complexity index is 1050. The first-order chi connectivity index (χ1) is 15.6. The molecule has 0 fully saturated rings. The lowest BCUT2D eigenvalue weighted by Gasteiger charge is -2.30. The minimum atomic E-state index is -0.896. The minimum absolute atomic E-state index is 0.145. The number of carbonyl (C=O) groups excluding carboxylic acids is 3. The van der Waals surface area contributed by atoms with Gasteiger partial charge in [0.2, 0.25) is 0 Å². The number of anilines is 1. The second kappa shape index (κ2) is 10.3. The van der Waals surface area contributed by atoms with Crippen molar-refractivity contribution in [2.24, 2.45) is 0 Å². The number of fused-ring (bicyclic) bond motifs is 1. The van der Waals surface area contributed by atoms with Crippen molar-refractivity contribution in [3.05, 3.63) is 64.2 Å². The Morgan fingerprint density at radius 2 is 1.88 bits per heavy atom. The summed E-state index contributed by atoms with van der Waals surface area (Å²) in [5, 5.41) is 3.01. The van der Waals surface area contributed by atoms with Crippen molar-refractivity contribution in [3.63, 3.8) is 0 Å². The van der Waals surface area contributed by atoms with Crippen LogP contribution in [0, 0.1) is 0 Å². The summed E-state index contributed by atoms with van der Waals surface area (Å²) in [5.41, 5.74) is 2.44. The van der Waals surface area contributed by atoms with Gasteiger partial charge in [-0.15, -0.1) is 0 Å². The molecule has 1 unspecified atom stereocenters. The van der Waals surface area contributed by atoms with Gasteiger partial charge in [0.25, 0.3) is 5.91 Å². The van der Waals surface area contributed by atoms with E-state index in [0.29, 0.717) is 17.1 Å². The van der Waals surface area contributed by atoms with Crippen molar-refractivity contribution in [1.82, 2.24) is 5.32 Å². The molecular formula is C25H29ClN2O5. The van der Waals surface area contributed by atoms with Crippen LogP contribution in [0.3, 0.4) is 0 Å². The van der Waals surface area contributed by atoms with Crippen LogP contribution in [-0.2, 0) is 27.1 Å². The third-order valence-corrected chi connectivity index (χ3v) is 5.56. The Kier molecular flexibility index (Phi) is 7.64. The number of nitrogens with one attached hydrogen (secondary N) is 1. The average molecular weight is 473 g/mol. The van der Waals surface area contributed by atoms with E-state index < -0.39 is 23.7 Å². The summed E-state index contributed by atoms with van der Waals surface area (Å²) in [6.45, 7) is 5.85. The highest BCUT2D eigenvalue weighted by Gasteiger charge is 2.28. The van der Waals surface area contributed by atoms with Gasteiger partial charge in [-0.2, -0.15) is 0 Å². The molecule has 1 N–H and O–H groups in total. The highest BCUT2D eigenvalue weighted by molar-refractivity contribution is 6.34. The topological polar surface area (TPSA) is 84.9 Å². The fourth-order valence-corrected chi connectivity index (χ4v) is 4.01. The molecule has 1 aliphatic heterocycles. The van der Waals surface area contributed by atoms with Crippen LogP contribution in [0.5, 0.6) is 0 Å². The van der Waals surface area contributed by atoms with Crippen molar-refractivity contribution in [2.75, 3.05) is 18.6 Å². The van der Waals surface area contributed by atoms with Gasteiger partial charge in [-0.05, 0) is 62.9 Å². The van der Waals surface area contributed by atoms with Gasteiger partial charge in [0.1, 0.15) is 11.6 Å². The van der Waals surface area contributed by atoms with E-state index in [-0.39, 0.29) is 12.3 Å². The molecule has 33 heavy (non-hydrogen) atoms. The molecule has 2 aromatic rings. The highest BCUT2D eigenvalue weighted by atomic mass is 35.5. The van der Waals surface area contributed by atoms with Crippen LogP contribution < -0.4 is 10.2 Å². The summed E-state index contributed by atoms with van der Waals surface area (Å²) in [6.07, 6.45) is 1.16. The Labute approximate surface area is 199 Å². The van der Waals surface area contributed by atoms with Crippen molar-refractivity contribution < 1.29 is 23.9 Å². The number of hydrogen-bond donors (Lipinski definition) is 1. The summed E-state index contributed by atoms with van der Waals surface area (Å²) in [5.74, 6) is -0.706. The van der Waals surface area contributed by atoms with Crippen LogP contribution in [0.15, 0.2) is 42.5 Å². The Balaban J connectivity index is 1.80. The Morgan fingerprint density at radius 3 is 2.55 bits per heavy atom. The van der Waals surface area contributed by atoms with Crippen LogP contribution in [0.2, 0.25) is 5.02 Å². The Hall–Kier alpha value is -3.06. The molecule has 0 bridgehead atoms. The predicted octanol–water partition coefficient (Wildman–Crippen LogP) is 4.54. The number of halogens is 1. The van der Waals surface area contributed by atoms with Crippen LogP contribution >= 0.6 is 11.6 Å². The third kappa shape index (κ3) is 6.26. The molecule has 0 radical (unpaired) electrons. The lowest BCUT2D eigenvalue weighted by molar-refractivity contribution is -0.143. The molecule has 8 heteroatoms. The molecule has 1 aliphatic rings. The second-order valence-corrected chi connectivity index (χ2v) is 9.34. The SMILES string of the molecule is COC(=O)C(Cc1ccc2c(c1)CCCN2C(=O)c1ccccc1Cl)NC(=O)OC(C)(C)C. The van der Waals surface area contributed by atoms with Gasteiger partial charge in [0, 0.05) is 18.7 Å². The van der Waals surface area contributed by atoms with Gasteiger partial charge in [-0.1, -0.05) is 35.9 Å². The van der Waals surface area contributed by atoms with Gasteiger partial charge in [-0.3, -0.25) is 4.79 Å². The van der Waals surface area contributed by atoms with Crippen molar-refractivity contribution in [3.8, 4) is 0 Å². The maximum Gasteiger partial charge on any atom is 0.408 e. The third-order valence-electron chi connectivity index (χ3n) is 5.23. The molecule has 2 amide bonds. The van der Waals surface area contributed by atoms with Crippen LogP contribution in [0.25, 0.3) is 0 Å². The summed E-state index contributed by atoms with van der Waals surface area (Å²) < 4.78 is 10.1. The predicted molar refractivity (Wildman–Crippen MR) is 127 cm³/mol. The van der Waals surface area contributed by atoms with Crippen LogP contribution in [0.1, 0.15) is 48.7 Å². The van der Waals surface area contributed by atoms with Gasteiger partial charge in [0.15, 0.2) is 0 Å². The lowest BCUT2D eigenvalue weighted by atomic mass is 9.96. The fourth-order valence-electron chi connectivity index (χ4n) is 3.79. The minimum Gasteiger partial charge on any atom is -0.467 e. The number of amides is 2. The number of benzene rings is 2. The van der Waals surface area contributed by atoms with E-state index in [1.165, 1.54) is 7.11 Å². The number of methoxy groups -OCH3 is 1. The van der Waals surface area contributed by atoms with E-state index in [1.807, 2.05) is 18.2 Å². The van der Waals surface area contributed by atoms with Crippen LogP contribution in [0.4, 0.5) is 10.5 Å². The number of esters is 1. The molecule has 176 valence electrons. The number of aryl methyl sites for hydroxylation is 1. The lowest BCUT2D eigenvalue weighted by Crippen LogP contribution is -2.45. The zero-order valence-electron chi connectivity index (χ0n) is 19.3. The number of hydrogen-bond acceptors (Lipinski definition) is 5. The Morgan fingerprint density at radius 1 is 1.15 bits per heavy atom. The maximum atomic E-state index is 13.1. The zero-order chi connectivity index (χ0) is 24.2. The summed E-state index contributed by atoms with van der Waals surface area (Å²) >= 11 is 6.24. The van der Waals surface area contributed by atoms with Crippen molar-refractivity contribution in [1.29, 1.82) is 0 Å². The summed E-state index contributed by atoms with van der Waals surface area (Å²) in [4.78, 5) is 39.3. The number of alkyl carbamates (subject to hydrolysis) is 1. The van der Waals surface area contributed by atoms with E-state index in [0.717, 1.165) is 29.7 Å². The first-order valence-electron chi connectivity index (χ1n) is 10.8. The van der Waals surface area contributed by atoms with E-state index in [1.54, 1.807) is 49.9 Å². The van der Waals surface area contributed by atoms with Gasteiger partial charge in [-0.25, -0.2) is 9.59 Å². The standard InChI is InChI=1S/C25H29ClN2O5/c1-25(2,3)33-24(31)27-20(23(30)32-4)15-16-11-12-21-17(14-16)8-7-13-28(21)22(29)18-9-5-6-10-19(18)26/h5-6,9-12,14,20H,7-8,13,15H2,1-4H3,(H,27,31). The van der Waals surface area contributed by atoms with E-state index in [2.05, 4.69) is 5.32 Å². The van der Waals surface area contributed by atoms with E-state index >= 15 is 0 Å². The number of carbonyl (C=O) groups is 3. The highest BCUT2D eigenvalue weighted by Crippen LogP contribution is 2.31. The van der Waals surface area contributed by atoms with E-state index in [4.69, 9.17) is 21.1 Å². The number of ether oxygens (including phenoxy) is 2. The molecule has 1 atom stereocenters. The smallest absolute Gasteiger partial charge is 0.408 e. The normalized spacial score (nSPS) is 14.2. The number of nitrogens with zero attached hydrogens (tertiary/aromatic N) is 1. The monoisotopic (exact) mass is 472 g/mol. The molecular weight excluding hydrogens is 444 g/mol. The molecule has 7 nitrogen and oxygen atoms in total. The summed E-state index contributed by atoms with van der Waals surface area (Å²) in [6, 6.07) is 11.8. The molecule has 0 saturated carbocycles. The second-order valence-electron chi connectivity index (χ2n) is 8.93. The molecule has 0 saturated heterocycles. The van der Waals surface area contributed by atoms with Gasteiger partial charge in [0.05, 0.1) is 17.7 Å². The first kappa shape index (κ1) is 24.6. The number of rotatable bonds is 5. The molecule has 2 aromatic carbocycles. The summed E-state index contributed by atoms with van der Waals surface area (Å²) in [7, 11) is 1.27. The largest absolute Gasteiger partial charge is 0.467 e. The average Bonchev–Trinajstić information content (AvgIpc) is 2.76.